The fourth-order valence-corrected chi connectivity index (χ4v) is 2.87. The first-order valence-electron chi connectivity index (χ1n) is 5.43. The number of hydrogen-bond acceptors (Lipinski definition) is 5. The predicted molar refractivity (Wildman–Crippen MR) is 62.2 cm³/mol. The van der Waals surface area contributed by atoms with Crippen molar-refractivity contribution in [1.29, 1.82) is 0 Å². The van der Waals surface area contributed by atoms with Crippen molar-refractivity contribution in [3.8, 4) is 0 Å². The second-order valence-electron chi connectivity index (χ2n) is 3.95. The summed E-state index contributed by atoms with van der Waals surface area (Å²) in [5.74, 6) is 0. The van der Waals surface area contributed by atoms with Crippen molar-refractivity contribution in [2.24, 2.45) is 0 Å². The van der Waals surface area contributed by atoms with Crippen LogP contribution in [0.5, 0.6) is 0 Å². The van der Waals surface area contributed by atoms with Crippen LogP contribution < -0.4 is 10.1 Å². The Labute approximate surface area is 96.0 Å². The maximum Gasteiger partial charge on any atom is 0.292 e. The molecule has 0 aliphatic carbocycles. The van der Waals surface area contributed by atoms with Crippen molar-refractivity contribution in [3.05, 3.63) is 21.2 Å². The van der Waals surface area contributed by atoms with Crippen LogP contribution in [0, 0.1) is 0 Å². The summed E-state index contributed by atoms with van der Waals surface area (Å²) < 4.78 is 2.10. The summed E-state index contributed by atoms with van der Waals surface area (Å²) in [6, 6.07) is 0. The van der Waals surface area contributed by atoms with Gasteiger partial charge in [-0.05, 0) is 19.3 Å². The van der Waals surface area contributed by atoms with Gasteiger partial charge < -0.3 is 4.90 Å². The number of aromatic nitrogens is 3. The Morgan fingerprint density at radius 2 is 2.12 bits per heavy atom. The average molecular weight is 236 g/mol. The molecule has 0 saturated carbocycles. The summed E-state index contributed by atoms with van der Waals surface area (Å²) in [7, 11) is 0. The third kappa shape index (κ3) is 1.59. The zero-order valence-electron chi connectivity index (χ0n) is 8.80. The number of thiazole rings is 1. The Hall–Kier alpha value is -1.43. The summed E-state index contributed by atoms with van der Waals surface area (Å²) in [5.41, 5.74) is -0.0527. The van der Waals surface area contributed by atoms with E-state index in [1.54, 1.807) is 0 Å². The van der Waals surface area contributed by atoms with Crippen LogP contribution in [0.4, 0.5) is 0 Å². The lowest BCUT2D eigenvalue weighted by molar-refractivity contribution is 0.336. The summed E-state index contributed by atoms with van der Waals surface area (Å²) in [6.07, 6.45) is 7.10. The van der Waals surface area contributed by atoms with Crippen molar-refractivity contribution in [3.63, 3.8) is 0 Å². The molecule has 0 aromatic carbocycles. The van der Waals surface area contributed by atoms with E-state index in [0.29, 0.717) is 4.96 Å². The largest absolute Gasteiger partial charge is 0.376 e. The van der Waals surface area contributed by atoms with Crippen LogP contribution in [0.1, 0.15) is 19.3 Å². The van der Waals surface area contributed by atoms with Gasteiger partial charge >= 0.3 is 0 Å². The maximum atomic E-state index is 11.9. The highest BCUT2D eigenvalue weighted by Gasteiger charge is 2.09. The molecule has 0 radical (unpaired) electrons. The number of piperidine rings is 1. The van der Waals surface area contributed by atoms with Crippen molar-refractivity contribution in [2.75, 3.05) is 13.1 Å². The molecule has 0 atom stereocenters. The fraction of sp³-hybridized carbons (Fsp3) is 0.500. The van der Waals surface area contributed by atoms with Gasteiger partial charge in [-0.1, -0.05) is 11.3 Å². The molecule has 0 spiro atoms. The molecule has 5 nitrogen and oxygen atoms in total. The molecule has 16 heavy (non-hydrogen) atoms. The van der Waals surface area contributed by atoms with Gasteiger partial charge in [-0.3, -0.25) is 4.79 Å². The second-order valence-corrected chi connectivity index (χ2v) is 4.96. The summed E-state index contributed by atoms with van der Waals surface area (Å²) >= 11 is 1.40. The maximum absolute atomic E-state index is 11.9. The molecule has 1 aliphatic rings. The van der Waals surface area contributed by atoms with E-state index in [-0.39, 0.29) is 5.56 Å². The number of likely N-dealkylation sites (tertiary alicyclic amines) is 1. The van der Waals surface area contributed by atoms with Gasteiger partial charge in [0.1, 0.15) is 10.9 Å². The topological polar surface area (TPSA) is 50.5 Å². The third-order valence-electron chi connectivity index (χ3n) is 2.81. The highest BCUT2D eigenvalue weighted by atomic mass is 32.1. The smallest absolute Gasteiger partial charge is 0.292 e. The van der Waals surface area contributed by atoms with E-state index < -0.39 is 0 Å². The predicted octanol–water partition coefficient (Wildman–Crippen LogP) is 0.0938. The Morgan fingerprint density at radius 3 is 2.88 bits per heavy atom. The monoisotopic (exact) mass is 236 g/mol. The molecule has 0 bridgehead atoms. The zero-order valence-corrected chi connectivity index (χ0v) is 9.61. The lowest BCUT2D eigenvalue weighted by atomic mass is 10.1. The van der Waals surface area contributed by atoms with Crippen molar-refractivity contribution in [2.45, 2.75) is 19.3 Å². The molecular weight excluding hydrogens is 224 g/mol. The molecule has 0 N–H and O–H groups in total. The SMILES string of the molecule is O=c1/c(=C/N2CCCCC2)sc2ncnn12. The number of rotatable bonds is 1. The third-order valence-corrected chi connectivity index (χ3v) is 3.77. The van der Waals surface area contributed by atoms with Gasteiger partial charge in [-0.25, -0.2) is 4.98 Å². The highest BCUT2D eigenvalue weighted by Crippen LogP contribution is 2.08. The molecule has 2 aromatic heterocycles. The van der Waals surface area contributed by atoms with E-state index in [4.69, 9.17) is 0 Å². The molecule has 1 saturated heterocycles. The van der Waals surface area contributed by atoms with Crippen LogP contribution in [0.3, 0.4) is 0 Å². The van der Waals surface area contributed by atoms with E-state index in [9.17, 15) is 4.79 Å². The van der Waals surface area contributed by atoms with E-state index in [2.05, 4.69) is 15.0 Å². The quantitative estimate of drug-likeness (QED) is 0.704. The lowest BCUT2D eigenvalue weighted by Gasteiger charge is -2.24. The van der Waals surface area contributed by atoms with E-state index in [1.807, 2.05) is 6.20 Å². The van der Waals surface area contributed by atoms with Gasteiger partial charge in [0, 0.05) is 19.3 Å². The minimum absolute atomic E-state index is 0.0527. The molecule has 1 fully saturated rings. The summed E-state index contributed by atoms with van der Waals surface area (Å²) in [5, 5.41) is 3.90. The lowest BCUT2D eigenvalue weighted by Crippen LogP contribution is -2.31. The fourth-order valence-electron chi connectivity index (χ4n) is 1.98. The van der Waals surface area contributed by atoms with Gasteiger partial charge in [-0.15, -0.1) is 0 Å². The van der Waals surface area contributed by atoms with E-state index >= 15 is 0 Å². The van der Waals surface area contributed by atoms with Crippen molar-refractivity contribution in [1.82, 2.24) is 19.5 Å². The van der Waals surface area contributed by atoms with Gasteiger partial charge in [-0.2, -0.15) is 9.61 Å². The standard InChI is InChI=1S/C10H12N4OS/c15-9-8(6-13-4-2-1-3-5-13)16-10-11-7-12-14(9)10/h6-7H,1-5H2/b8-6-. The Morgan fingerprint density at radius 1 is 1.31 bits per heavy atom. The van der Waals surface area contributed by atoms with Crippen LogP contribution >= 0.6 is 11.3 Å². The summed E-state index contributed by atoms with van der Waals surface area (Å²) in [6.45, 7) is 2.10. The first-order valence-corrected chi connectivity index (χ1v) is 6.25. The number of hydrogen-bond donors (Lipinski definition) is 0. The second kappa shape index (κ2) is 3.86. The van der Waals surface area contributed by atoms with Crippen LogP contribution in [0.25, 0.3) is 11.2 Å². The minimum Gasteiger partial charge on any atom is -0.376 e. The van der Waals surface area contributed by atoms with Crippen LogP contribution in [0.15, 0.2) is 11.1 Å². The summed E-state index contributed by atoms with van der Waals surface area (Å²) in [4.78, 5) is 18.8. The highest BCUT2D eigenvalue weighted by molar-refractivity contribution is 7.14. The van der Waals surface area contributed by atoms with Gasteiger partial charge in [0.2, 0.25) is 4.96 Å². The van der Waals surface area contributed by atoms with Crippen LogP contribution in [0.2, 0.25) is 0 Å². The number of nitrogens with zero attached hydrogens (tertiary/aromatic N) is 4. The molecule has 84 valence electrons. The molecule has 2 aromatic rings. The Balaban J connectivity index is 2.04. The molecule has 1 aliphatic heterocycles. The molecular formula is C10H12N4OS. The number of fused-ring (bicyclic) bond motifs is 1. The Kier molecular flexibility index (Phi) is 2.36. The van der Waals surface area contributed by atoms with Crippen LogP contribution in [-0.4, -0.2) is 32.6 Å². The molecule has 3 heterocycles. The molecule has 0 amide bonds. The van der Waals surface area contributed by atoms with Crippen LogP contribution in [-0.2, 0) is 0 Å². The molecule has 3 rings (SSSR count). The molecule has 0 unspecified atom stereocenters. The van der Waals surface area contributed by atoms with Gasteiger partial charge in [0.05, 0.1) is 0 Å². The molecule has 6 heteroatoms. The van der Waals surface area contributed by atoms with Gasteiger partial charge in [0.15, 0.2) is 0 Å². The average Bonchev–Trinajstić information content (AvgIpc) is 2.86. The van der Waals surface area contributed by atoms with Gasteiger partial charge in [0.25, 0.3) is 5.56 Å². The minimum atomic E-state index is -0.0527. The zero-order chi connectivity index (χ0) is 11.0. The first-order chi connectivity index (χ1) is 7.84. The van der Waals surface area contributed by atoms with Crippen molar-refractivity contribution >= 4 is 22.5 Å². The normalized spacial score (nSPS) is 18.5. The van der Waals surface area contributed by atoms with Crippen molar-refractivity contribution < 1.29 is 0 Å². The Bertz CT molecular complexity index is 596. The first kappa shape index (κ1) is 9.77. The van der Waals surface area contributed by atoms with E-state index in [1.165, 1.54) is 41.4 Å². The van der Waals surface area contributed by atoms with E-state index in [0.717, 1.165) is 17.6 Å².